The quantitative estimate of drug-likeness (QED) is 0.835. The summed E-state index contributed by atoms with van der Waals surface area (Å²) in [5.74, 6) is 0.822. The fourth-order valence-corrected chi connectivity index (χ4v) is 2.41. The minimum atomic E-state index is 0.123. The van der Waals surface area contributed by atoms with Gasteiger partial charge in [0.2, 0.25) is 0 Å². The van der Waals surface area contributed by atoms with Crippen LogP contribution in [-0.4, -0.2) is 10.2 Å². The first-order valence-electron chi connectivity index (χ1n) is 6.70. The molecule has 1 aliphatic carbocycles. The Balaban J connectivity index is 1.97. The van der Waals surface area contributed by atoms with Crippen LogP contribution in [0.2, 0.25) is 0 Å². The monoisotopic (exact) mass is 240 g/mol. The number of H-pyrrole nitrogens is 1. The van der Waals surface area contributed by atoms with Gasteiger partial charge in [0.25, 0.3) is 0 Å². The van der Waals surface area contributed by atoms with Gasteiger partial charge in [0, 0.05) is 5.56 Å². The summed E-state index contributed by atoms with van der Waals surface area (Å²) in [6, 6.07) is 8.97. The molecule has 0 aliphatic heterocycles. The van der Waals surface area contributed by atoms with E-state index < -0.39 is 0 Å². The molecule has 1 aromatic heterocycles. The minimum absolute atomic E-state index is 0.123. The summed E-state index contributed by atoms with van der Waals surface area (Å²) in [6.07, 6.45) is 4.66. The highest BCUT2D eigenvalue weighted by Crippen LogP contribution is 2.40. The summed E-state index contributed by atoms with van der Waals surface area (Å²) in [6.45, 7) is 6.67. The van der Waals surface area contributed by atoms with Crippen LogP contribution in [-0.2, 0) is 5.41 Å². The zero-order valence-corrected chi connectivity index (χ0v) is 11.3. The number of hydrogen-bond donors (Lipinski definition) is 1. The Morgan fingerprint density at radius 1 is 1.11 bits per heavy atom. The van der Waals surface area contributed by atoms with Crippen LogP contribution in [0.5, 0.6) is 0 Å². The number of hydrogen-bond acceptors (Lipinski definition) is 1. The van der Waals surface area contributed by atoms with E-state index in [-0.39, 0.29) is 5.41 Å². The molecule has 0 saturated heterocycles. The van der Waals surface area contributed by atoms with E-state index in [4.69, 9.17) is 0 Å². The van der Waals surface area contributed by atoms with Crippen LogP contribution in [0, 0.1) is 0 Å². The van der Waals surface area contributed by atoms with Gasteiger partial charge in [0.15, 0.2) is 0 Å². The van der Waals surface area contributed by atoms with E-state index in [1.807, 2.05) is 6.20 Å². The van der Waals surface area contributed by atoms with Crippen molar-refractivity contribution in [2.24, 2.45) is 0 Å². The van der Waals surface area contributed by atoms with Crippen molar-refractivity contribution in [3.05, 3.63) is 41.6 Å². The number of nitrogens with one attached hydrogen (secondary N) is 1. The average molecular weight is 240 g/mol. The lowest BCUT2D eigenvalue weighted by Crippen LogP contribution is -2.11. The third kappa shape index (κ3) is 2.07. The van der Waals surface area contributed by atoms with Gasteiger partial charge >= 0.3 is 0 Å². The first-order chi connectivity index (χ1) is 8.55. The Kier molecular flexibility index (Phi) is 2.54. The standard InChI is InChI=1S/C16H20N2/c1-16(2,3)14-10-17-18-15(14)13-8-6-12(7-9-13)11-4-5-11/h6-11H,4-5H2,1-3H3,(H,17,18). The molecule has 18 heavy (non-hydrogen) atoms. The van der Waals surface area contributed by atoms with Crippen molar-refractivity contribution in [3.8, 4) is 11.3 Å². The Morgan fingerprint density at radius 3 is 2.33 bits per heavy atom. The molecular formula is C16H20N2. The van der Waals surface area contributed by atoms with Crippen molar-refractivity contribution in [2.75, 3.05) is 0 Å². The van der Waals surface area contributed by atoms with E-state index in [9.17, 15) is 0 Å². The lowest BCUT2D eigenvalue weighted by molar-refractivity contribution is 0.592. The predicted octanol–water partition coefficient (Wildman–Crippen LogP) is 4.25. The van der Waals surface area contributed by atoms with Gasteiger partial charge < -0.3 is 0 Å². The second-order valence-electron chi connectivity index (χ2n) is 6.30. The second kappa shape index (κ2) is 3.98. The molecule has 0 unspecified atom stereocenters. The molecular weight excluding hydrogens is 220 g/mol. The average Bonchev–Trinajstić information content (AvgIpc) is 3.04. The topological polar surface area (TPSA) is 28.7 Å². The van der Waals surface area contributed by atoms with E-state index in [1.165, 1.54) is 29.5 Å². The molecule has 0 radical (unpaired) electrons. The Labute approximate surface area is 108 Å². The van der Waals surface area contributed by atoms with Crippen molar-refractivity contribution in [1.82, 2.24) is 10.2 Å². The molecule has 2 aromatic rings. The van der Waals surface area contributed by atoms with Gasteiger partial charge in [0.1, 0.15) is 0 Å². The molecule has 1 aromatic carbocycles. The van der Waals surface area contributed by atoms with E-state index in [0.717, 1.165) is 11.6 Å². The molecule has 3 rings (SSSR count). The highest BCUT2D eigenvalue weighted by molar-refractivity contribution is 5.64. The molecule has 2 nitrogen and oxygen atoms in total. The Morgan fingerprint density at radius 2 is 1.78 bits per heavy atom. The normalized spacial score (nSPS) is 15.9. The van der Waals surface area contributed by atoms with Gasteiger partial charge in [-0.25, -0.2) is 0 Å². The van der Waals surface area contributed by atoms with Gasteiger partial charge in [-0.05, 0) is 35.3 Å². The molecule has 0 bridgehead atoms. The zero-order chi connectivity index (χ0) is 12.8. The third-order valence-electron chi connectivity index (χ3n) is 3.70. The smallest absolute Gasteiger partial charge is 0.0687 e. The predicted molar refractivity (Wildman–Crippen MR) is 74.7 cm³/mol. The second-order valence-corrected chi connectivity index (χ2v) is 6.30. The number of rotatable bonds is 2. The first-order valence-corrected chi connectivity index (χ1v) is 6.70. The van der Waals surface area contributed by atoms with Gasteiger partial charge in [-0.15, -0.1) is 0 Å². The van der Waals surface area contributed by atoms with Crippen molar-refractivity contribution in [2.45, 2.75) is 44.9 Å². The molecule has 2 heteroatoms. The zero-order valence-electron chi connectivity index (χ0n) is 11.3. The van der Waals surface area contributed by atoms with E-state index in [2.05, 4.69) is 55.2 Å². The van der Waals surface area contributed by atoms with Crippen molar-refractivity contribution in [1.29, 1.82) is 0 Å². The van der Waals surface area contributed by atoms with Crippen LogP contribution in [0.25, 0.3) is 11.3 Å². The van der Waals surface area contributed by atoms with Crippen molar-refractivity contribution in [3.63, 3.8) is 0 Å². The van der Waals surface area contributed by atoms with Gasteiger partial charge in [-0.3, -0.25) is 5.10 Å². The fraction of sp³-hybridized carbons (Fsp3) is 0.438. The van der Waals surface area contributed by atoms with Crippen LogP contribution in [0.4, 0.5) is 0 Å². The van der Waals surface area contributed by atoms with E-state index in [1.54, 1.807) is 0 Å². The lowest BCUT2D eigenvalue weighted by Gasteiger charge is -2.18. The minimum Gasteiger partial charge on any atom is -0.278 e. The van der Waals surface area contributed by atoms with Crippen molar-refractivity contribution < 1.29 is 0 Å². The maximum atomic E-state index is 4.21. The molecule has 0 amide bonds. The fourth-order valence-electron chi connectivity index (χ4n) is 2.41. The van der Waals surface area contributed by atoms with Gasteiger partial charge in [-0.2, -0.15) is 5.10 Å². The maximum absolute atomic E-state index is 4.21. The number of benzene rings is 1. The van der Waals surface area contributed by atoms with Crippen molar-refractivity contribution >= 4 is 0 Å². The highest BCUT2D eigenvalue weighted by atomic mass is 15.1. The first kappa shape index (κ1) is 11.5. The highest BCUT2D eigenvalue weighted by Gasteiger charge is 2.24. The van der Waals surface area contributed by atoms with Crippen LogP contribution >= 0.6 is 0 Å². The summed E-state index contributed by atoms with van der Waals surface area (Å²) < 4.78 is 0. The van der Waals surface area contributed by atoms with E-state index in [0.29, 0.717) is 0 Å². The largest absolute Gasteiger partial charge is 0.278 e. The molecule has 1 aliphatic rings. The molecule has 1 N–H and O–H groups in total. The maximum Gasteiger partial charge on any atom is 0.0687 e. The van der Waals surface area contributed by atoms with E-state index >= 15 is 0 Å². The van der Waals surface area contributed by atoms with Crippen LogP contribution in [0.15, 0.2) is 30.5 Å². The molecule has 0 spiro atoms. The van der Waals surface area contributed by atoms with Crippen LogP contribution < -0.4 is 0 Å². The SMILES string of the molecule is CC(C)(C)c1cn[nH]c1-c1ccc(C2CC2)cc1. The van der Waals surface area contributed by atoms with Gasteiger partial charge in [-0.1, -0.05) is 45.0 Å². The number of aromatic amines is 1. The Bertz CT molecular complexity index is 539. The molecule has 1 saturated carbocycles. The summed E-state index contributed by atoms with van der Waals surface area (Å²) in [5.41, 5.74) is 5.28. The summed E-state index contributed by atoms with van der Waals surface area (Å²) in [7, 11) is 0. The molecule has 94 valence electrons. The summed E-state index contributed by atoms with van der Waals surface area (Å²) in [5, 5.41) is 7.35. The number of nitrogens with zero attached hydrogens (tertiary/aromatic N) is 1. The van der Waals surface area contributed by atoms with Crippen LogP contribution in [0.1, 0.15) is 50.7 Å². The van der Waals surface area contributed by atoms with Crippen LogP contribution in [0.3, 0.4) is 0 Å². The molecule has 0 atom stereocenters. The Hall–Kier alpha value is -1.57. The summed E-state index contributed by atoms with van der Waals surface area (Å²) in [4.78, 5) is 0. The third-order valence-corrected chi connectivity index (χ3v) is 3.70. The summed E-state index contributed by atoms with van der Waals surface area (Å²) >= 11 is 0. The lowest BCUT2D eigenvalue weighted by atomic mass is 9.86. The molecule has 1 fully saturated rings. The molecule has 1 heterocycles. The van der Waals surface area contributed by atoms with Gasteiger partial charge in [0.05, 0.1) is 11.9 Å². The number of aromatic nitrogens is 2.